The maximum atomic E-state index is 12.2. The van der Waals surface area contributed by atoms with Crippen molar-refractivity contribution in [2.75, 3.05) is 0 Å². The largest absolute Gasteiger partial charge is 0.480 e. The highest BCUT2D eigenvalue weighted by Crippen LogP contribution is 2.19. The van der Waals surface area contributed by atoms with E-state index in [0.29, 0.717) is 10.0 Å². The lowest BCUT2D eigenvalue weighted by atomic mass is 10.1. The lowest BCUT2D eigenvalue weighted by Gasteiger charge is -2.29. The summed E-state index contributed by atoms with van der Waals surface area (Å²) in [4.78, 5) is 23.6. The highest BCUT2D eigenvalue weighted by atomic mass is 35.5. The Bertz CT molecular complexity index is 549. The fourth-order valence-electron chi connectivity index (χ4n) is 1.92. The molecule has 5 nitrogen and oxygen atoms in total. The molecule has 0 spiro atoms. The van der Waals surface area contributed by atoms with Gasteiger partial charge in [-0.1, -0.05) is 23.2 Å². The van der Waals surface area contributed by atoms with Crippen LogP contribution in [-0.2, 0) is 9.53 Å². The van der Waals surface area contributed by atoms with Crippen molar-refractivity contribution < 1.29 is 19.4 Å². The van der Waals surface area contributed by atoms with Crippen molar-refractivity contribution in [1.82, 2.24) is 5.32 Å². The number of hydrogen-bond donors (Lipinski definition) is 2. The Kier molecular flexibility index (Phi) is 6.23. The number of rotatable bonds is 5. The minimum absolute atomic E-state index is 0.187. The van der Waals surface area contributed by atoms with Crippen molar-refractivity contribution in [2.45, 2.75) is 45.4 Å². The molecule has 0 heterocycles. The lowest BCUT2D eigenvalue weighted by molar-refractivity contribution is -0.146. The Morgan fingerprint density at radius 2 is 1.68 bits per heavy atom. The molecule has 1 aromatic carbocycles. The van der Waals surface area contributed by atoms with E-state index in [9.17, 15) is 14.7 Å². The number of halogens is 2. The van der Waals surface area contributed by atoms with Crippen molar-refractivity contribution in [2.24, 2.45) is 0 Å². The van der Waals surface area contributed by atoms with Gasteiger partial charge in [0.05, 0.1) is 11.7 Å². The molecule has 1 rings (SSSR count). The number of carboxylic acids is 1. The van der Waals surface area contributed by atoms with Crippen LogP contribution >= 0.6 is 23.2 Å². The predicted molar refractivity (Wildman–Crippen MR) is 85.7 cm³/mol. The van der Waals surface area contributed by atoms with Gasteiger partial charge in [0.15, 0.2) is 6.04 Å². The van der Waals surface area contributed by atoms with E-state index in [0.717, 1.165) is 0 Å². The Balaban J connectivity index is 2.91. The predicted octanol–water partition coefficient (Wildman–Crippen LogP) is 3.38. The molecular weight excluding hydrogens is 329 g/mol. The number of carbonyl (C=O) groups excluding carboxylic acids is 1. The van der Waals surface area contributed by atoms with Crippen molar-refractivity contribution in [1.29, 1.82) is 0 Å². The number of hydrogen-bond acceptors (Lipinski definition) is 3. The number of amides is 1. The lowest BCUT2D eigenvalue weighted by Crippen LogP contribution is -2.50. The van der Waals surface area contributed by atoms with E-state index in [1.807, 2.05) is 0 Å². The van der Waals surface area contributed by atoms with Gasteiger partial charge in [0, 0.05) is 15.6 Å². The van der Waals surface area contributed by atoms with Crippen LogP contribution in [0.3, 0.4) is 0 Å². The second-order valence-electron chi connectivity index (χ2n) is 5.88. The van der Waals surface area contributed by atoms with Crippen LogP contribution in [0.25, 0.3) is 0 Å². The first-order valence-corrected chi connectivity index (χ1v) is 7.43. The van der Waals surface area contributed by atoms with E-state index >= 15 is 0 Å². The van der Waals surface area contributed by atoms with Gasteiger partial charge < -0.3 is 15.2 Å². The van der Waals surface area contributed by atoms with Gasteiger partial charge in [-0.05, 0) is 45.9 Å². The average Bonchev–Trinajstić information content (AvgIpc) is 2.31. The molecule has 0 fully saturated rings. The second kappa shape index (κ2) is 7.31. The first kappa shape index (κ1) is 18.7. The summed E-state index contributed by atoms with van der Waals surface area (Å²) < 4.78 is 5.60. The van der Waals surface area contributed by atoms with Gasteiger partial charge in [-0.25, -0.2) is 4.79 Å². The molecule has 0 saturated carbocycles. The summed E-state index contributed by atoms with van der Waals surface area (Å²) in [5.41, 5.74) is -0.344. The van der Waals surface area contributed by atoms with Crippen molar-refractivity contribution >= 4 is 35.1 Å². The molecule has 0 radical (unpaired) electrons. The SMILES string of the molecule is CC(OC(C)(C)C)[C@H](NC(=O)c1cc(Cl)cc(Cl)c1)C(=O)O. The molecule has 7 heteroatoms. The van der Waals surface area contributed by atoms with Crippen LogP contribution in [-0.4, -0.2) is 34.7 Å². The zero-order valence-corrected chi connectivity index (χ0v) is 14.3. The number of carbonyl (C=O) groups is 2. The number of nitrogens with one attached hydrogen (secondary N) is 1. The maximum absolute atomic E-state index is 12.2. The number of ether oxygens (including phenoxy) is 1. The van der Waals surface area contributed by atoms with Gasteiger partial charge in [0.25, 0.3) is 5.91 Å². The minimum Gasteiger partial charge on any atom is -0.480 e. The molecular formula is C15H19Cl2NO4. The third-order valence-corrected chi connectivity index (χ3v) is 3.12. The van der Waals surface area contributed by atoms with Crippen LogP contribution in [0.4, 0.5) is 0 Å². The van der Waals surface area contributed by atoms with Crippen LogP contribution in [0.15, 0.2) is 18.2 Å². The monoisotopic (exact) mass is 347 g/mol. The van der Waals surface area contributed by atoms with E-state index in [-0.39, 0.29) is 5.56 Å². The quantitative estimate of drug-likeness (QED) is 0.855. The van der Waals surface area contributed by atoms with E-state index in [1.54, 1.807) is 27.7 Å². The highest BCUT2D eigenvalue weighted by Gasteiger charge is 2.30. The number of carboxylic acid groups (broad SMARTS) is 1. The zero-order chi connectivity index (χ0) is 17.1. The molecule has 0 saturated heterocycles. The summed E-state index contributed by atoms with van der Waals surface area (Å²) in [6.45, 7) is 7.01. The van der Waals surface area contributed by atoms with Gasteiger partial charge in [0.2, 0.25) is 0 Å². The van der Waals surface area contributed by atoms with Crippen LogP contribution in [0.1, 0.15) is 38.1 Å². The molecule has 2 N–H and O–H groups in total. The van der Waals surface area contributed by atoms with Crippen LogP contribution in [0, 0.1) is 0 Å². The van der Waals surface area contributed by atoms with Crippen LogP contribution < -0.4 is 5.32 Å². The molecule has 0 aliphatic heterocycles. The normalized spacial score (nSPS) is 14.3. The molecule has 0 aliphatic rings. The van der Waals surface area contributed by atoms with Gasteiger partial charge >= 0.3 is 5.97 Å². The Labute approximate surface area is 139 Å². The molecule has 1 amide bonds. The second-order valence-corrected chi connectivity index (χ2v) is 6.76. The molecule has 122 valence electrons. The number of aliphatic carboxylic acids is 1. The van der Waals surface area contributed by atoms with Crippen molar-refractivity contribution in [3.8, 4) is 0 Å². The molecule has 1 unspecified atom stereocenters. The van der Waals surface area contributed by atoms with Gasteiger partial charge in [0.1, 0.15) is 0 Å². The van der Waals surface area contributed by atoms with Gasteiger partial charge in [-0.2, -0.15) is 0 Å². The van der Waals surface area contributed by atoms with Crippen molar-refractivity contribution in [3.05, 3.63) is 33.8 Å². The fourth-order valence-corrected chi connectivity index (χ4v) is 2.44. The molecule has 0 bridgehead atoms. The standard InChI is InChI=1S/C15H19Cl2NO4/c1-8(22-15(2,3)4)12(14(20)21)18-13(19)9-5-10(16)7-11(17)6-9/h5-8,12H,1-4H3,(H,18,19)(H,20,21)/t8?,12-/m0/s1. The summed E-state index contributed by atoms with van der Waals surface area (Å²) in [6.07, 6.45) is -0.712. The first-order chi connectivity index (χ1) is 9.99. The van der Waals surface area contributed by atoms with Crippen molar-refractivity contribution in [3.63, 3.8) is 0 Å². The molecule has 0 aromatic heterocycles. The van der Waals surface area contributed by atoms with Crippen LogP contribution in [0.2, 0.25) is 10.0 Å². The van der Waals surface area contributed by atoms with Crippen LogP contribution in [0.5, 0.6) is 0 Å². The molecule has 1 aromatic rings. The maximum Gasteiger partial charge on any atom is 0.328 e. The summed E-state index contributed by atoms with van der Waals surface area (Å²) in [7, 11) is 0. The van der Waals surface area contributed by atoms with Gasteiger partial charge in [-0.15, -0.1) is 0 Å². The molecule has 0 aliphatic carbocycles. The third-order valence-electron chi connectivity index (χ3n) is 2.69. The topological polar surface area (TPSA) is 75.6 Å². The van der Waals surface area contributed by atoms with Gasteiger partial charge in [-0.3, -0.25) is 4.79 Å². The Morgan fingerprint density at radius 1 is 1.18 bits per heavy atom. The Hall–Kier alpha value is -1.30. The summed E-state index contributed by atoms with van der Waals surface area (Å²) in [6, 6.07) is 3.12. The molecule has 2 atom stereocenters. The number of benzene rings is 1. The van der Waals surface area contributed by atoms with E-state index in [4.69, 9.17) is 27.9 Å². The highest BCUT2D eigenvalue weighted by molar-refractivity contribution is 6.35. The summed E-state index contributed by atoms with van der Waals surface area (Å²) in [5.74, 6) is -1.76. The van der Waals surface area contributed by atoms with E-state index < -0.39 is 29.6 Å². The average molecular weight is 348 g/mol. The molecule has 22 heavy (non-hydrogen) atoms. The first-order valence-electron chi connectivity index (χ1n) is 6.67. The summed E-state index contributed by atoms with van der Waals surface area (Å²) >= 11 is 11.7. The zero-order valence-electron chi connectivity index (χ0n) is 12.8. The summed E-state index contributed by atoms with van der Waals surface area (Å²) in [5, 5.41) is 12.3. The van der Waals surface area contributed by atoms with E-state index in [1.165, 1.54) is 18.2 Å². The van der Waals surface area contributed by atoms with E-state index in [2.05, 4.69) is 5.32 Å². The minimum atomic E-state index is -1.19. The third kappa shape index (κ3) is 5.83. The smallest absolute Gasteiger partial charge is 0.328 e. The Morgan fingerprint density at radius 3 is 2.09 bits per heavy atom. The fraction of sp³-hybridized carbons (Fsp3) is 0.467.